The van der Waals surface area contributed by atoms with Crippen molar-refractivity contribution in [1.29, 1.82) is 0 Å². The number of carbonyl (C=O) groups is 1. The van der Waals surface area contributed by atoms with Gasteiger partial charge >= 0.3 is 6.09 Å². The van der Waals surface area contributed by atoms with Crippen LogP contribution in [-0.2, 0) is 9.47 Å². The van der Waals surface area contributed by atoms with Gasteiger partial charge in [-0.2, -0.15) is 0 Å². The number of aliphatic hydroxyl groups is 1. The number of rotatable bonds is 4. The standard InChI is InChI=1S/C16H29NO4/c1-7-8-9-10-13(18)12-11-20-16(5,6)17(12)14(19)21-15(2,3)4/h18H,7-11H2,1-6H3/b13-12+. The Hall–Kier alpha value is -1.23. The molecule has 1 rings (SSSR count). The Morgan fingerprint density at radius 1 is 1.38 bits per heavy atom. The number of aliphatic hydroxyl groups excluding tert-OH is 1. The van der Waals surface area contributed by atoms with E-state index in [9.17, 15) is 9.90 Å². The summed E-state index contributed by atoms with van der Waals surface area (Å²) in [6, 6.07) is 0. The fourth-order valence-electron chi connectivity index (χ4n) is 2.24. The maximum atomic E-state index is 12.4. The van der Waals surface area contributed by atoms with Crippen molar-refractivity contribution in [1.82, 2.24) is 4.90 Å². The molecular formula is C16H29NO4. The molecule has 5 heteroatoms. The summed E-state index contributed by atoms with van der Waals surface area (Å²) < 4.78 is 11.1. The molecule has 1 N–H and O–H groups in total. The normalized spacial score (nSPS) is 20.6. The molecule has 0 unspecified atom stereocenters. The van der Waals surface area contributed by atoms with Crippen molar-refractivity contribution in [2.45, 2.75) is 78.6 Å². The molecule has 1 heterocycles. The van der Waals surface area contributed by atoms with Crippen LogP contribution in [0.25, 0.3) is 0 Å². The maximum absolute atomic E-state index is 12.4. The Balaban J connectivity index is 2.93. The Kier molecular flexibility index (Phi) is 5.68. The highest BCUT2D eigenvalue weighted by Gasteiger charge is 2.44. The second-order valence-electron chi connectivity index (χ2n) is 6.90. The summed E-state index contributed by atoms with van der Waals surface area (Å²) in [5.74, 6) is 0.222. The van der Waals surface area contributed by atoms with Gasteiger partial charge in [0.1, 0.15) is 17.1 Å². The fraction of sp³-hybridized carbons (Fsp3) is 0.812. The molecule has 0 aliphatic carbocycles. The van der Waals surface area contributed by atoms with Gasteiger partial charge < -0.3 is 14.6 Å². The van der Waals surface area contributed by atoms with Crippen molar-refractivity contribution >= 4 is 6.09 Å². The summed E-state index contributed by atoms with van der Waals surface area (Å²) in [5.41, 5.74) is -0.875. The van der Waals surface area contributed by atoms with Gasteiger partial charge in [-0.3, -0.25) is 0 Å². The van der Waals surface area contributed by atoms with Crippen LogP contribution < -0.4 is 0 Å². The molecule has 0 aromatic heterocycles. The van der Waals surface area contributed by atoms with Crippen LogP contribution in [0.15, 0.2) is 11.5 Å². The number of nitrogens with zero attached hydrogens (tertiary/aromatic N) is 1. The second-order valence-corrected chi connectivity index (χ2v) is 6.90. The Labute approximate surface area is 127 Å². The van der Waals surface area contributed by atoms with E-state index in [1.807, 2.05) is 20.8 Å². The number of allylic oxidation sites excluding steroid dienone is 1. The van der Waals surface area contributed by atoms with Crippen LogP contribution in [0.2, 0.25) is 0 Å². The monoisotopic (exact) mass is 299 g/mol. The molecule has 1 amide bonds. The highest BCUT2D eigenvalue weighted by molar-refractivity contribution is 5.72. The molecule has 1 aliphatic rings. The zero-order valence-electron chi connectivity index (χ0n) is 14.2. The maximum Gasteiger partial charge on any atom is 0.417 e. The second kappa shape index (κ2) is 6.69. The molecule has 0 saturated carbocycles. The minimum Gasteiger partial charge on any atom is -0.510 e. The van der Waals surface area contributed by atoms with Crippen LogP contribution in [-0.4, -0.2) is 34.0 Å². The Bertz CT molecular complexity index is 407. The quantitative estimate of drug-likeness (QED) is 0.619. The summed E-state index contributed by atoms with van der Waals surface area (Å²) in [4.78, 5) is 13.8. The minimum absolute atomic E-state index is 0.222. The minimum atomic E-state index is -0.809. The van der Waals surface area contributed by atoms with E-state index >= 15 is 0 Å². The average molecular weight is 299 g/mol. The summed E-state index contributed by atoms with van der Waals surface area (Å²) in [6.45, 7) is 11.4. The molecule has 0 bridgehead atoms. The number of unbranched alkanes of at least 4 members (excludes halogenated alkanes) is 2. The third kappa shape index (κ3) is 4.92. The van der Waals surface area contributed by atoms with Crippen molar-refractivity contribution in [2.24, 2.45) is 0 Å². The summed E-state index contributed by atoms with van der Waals surface area (Å²) in [7, 11) is 0. The molecule has 0 spiro atoms. The van der Waals surface area contributed by atoms with E-state index < -0.39 is 17.4 Å². The predicted octanol–water partition coefficient (Wildman–Crippen LogP) is 4.34. The SMILES string of the molecule is CCCCC/C(O)=C1/COC(C)(C)N1C(=O)OC(C)(C)C. The van der Waals surface area contributed by atoms with Crippen molar-refractivity contribution in [3.63, 3.8) is 0 Å². The molecule has 0 aromatic rings. The van der Waals surface area contributed by atoms with Gasteiger partial charge in [0.05, 0.1) is 12.3 Å². The van der Waals surface area contributed by atoms with Crippen molar-refractivity contribution < 1.29 is 19.4 Å². The first kappa shape index (κ1) is 17.8. The lowest BCUT2D eigenvalue weighted by atomic mass is 10.1. The summed E-state index contributed by atoms with van der Waals surface area (Å²) in [5, 5.41) is 10.3. The Morgan fingerprint density at radius 3 is 2.52 bits per heavy atom. The molecule has 1 fully saturated rings. The van der Waals surface area contributed by atoms with Gasteiger partial charge in [0, 0.05) is 6.42 Å². The van der Waals surface area contributed by atoms with E-state index in [0.29, 0.717) is 12.1 Å². The highest BCUT2D eigenvalue weighted by atomic mass is 16.6. The van der Waals surface area contributed by atoms with Crippen LogP contribution in [0.4, 0.5) is 4.79 Å². The third-order valence-electron chi connectivity index (χ3n) is 3.30. The van der Waals surface area contributed by atoms with Crippen LogP contribution in [0.5, 0.6) is 0 Å². The molecule has 0 aromatic carbocycles. The first-order valence-electron chi connectivity index (χ1n) is 7.66. The van der Waals surface area contributed by atoms with E-state index in [1.165, 1.54) is 4.90 Å². The zero-order chi connectivity index (χ0) is 16.3. The van der Waals surface area contributed by atoms with Crippen molar-refractivity contribution in [3.8, 4) is 0 Å². The molecule has 1 saturated heterocycles. The average Bonchev–Trinajstić information content (AvgIpc) is 2.63. The molecule has 1 aliphatic heterocycles. The van der Waals surface area contributed by atoms with Crippen LogP contribution in [0, 0.1) is 0 Å². The van der Waals surface area contributed by atoms with Gasteiger partial charge in [-0.25, -0.2) is 9.69 Å². The number of carbonyl (C=O) groups excluding carboxylic acids is 1. The molecular weight excluding hydrogens is 270 g/mol. The van der Waals surface area contributed by atoms with E-state index in [-0.39, 0.29) is 12.4 Å². The zero-order valence-corrected chi connectivity index (χ0v) is 14.2. The summed E-state index contributed by atoms with van der Waals surface area (Å²) >= 11 is 0. The van der Waals surface area contributed by atoms with E-state index in [4.69, 9.17) is 9.47 Å². The van der Waals surface area contributed by atoms with Gasteiger partial charge in [0.25, 0.3) is 0 Å². The fourth-order valence-corrected chi connectivity index (χ4v) is 2.24. The lowest BCUT2D eigenvalue weighted by Gasteiger charge is -2.32. The third-order valence-corrected chi connectivity index (χ3v) is 3.30. The predicted molar refractivity (Wildman–Crippen MR) is 81.9 cm³/mol. The topological polar surface area (TPSA) is 59.0 Å². The van der Waals surface area contributed by atoms with Gasteiger partial charge in [0.2, 0.25) is 0 Å². The van der Waals surface area contributed by atoms with E-state index in [1.54, 1.807) is 13.8 Å². The molecule has 0 atom stereocenters. The van der Waals surface area contributed by atoms with E-state index in [0.717, 1.165) is 19.3 Å². The largest absolute Gasteiger partial charge is 0.510 e. The van der Waals surface area contributed by atoms with Crippen LogP contribution in [0.3, 0.4) is 0 Å². The first-order valence-corrected chi connectivity index (χ1v) is 7.66. The lowest BCUT2D eigenvalue weighted by Crippen LogP contribution is -2.45. The molecule has 122 valence electrons. The number of ether oxygens (including phenoxy) is 2. The highest BCUT2D eigenvalue weighted by Crippen LogP contribution is 2.33. The van der Waals surface area contributed by atoms with Crippen molar-refractivity contribution in [3.05, 3.63) is 11.5 Å². The number of hydrogen-bond acceptors (Lipinski definition) is 4. The van der Waals surface area contributed by atoms with Crippen LogP contribution in [0.1, 0.15) is 67.2 Å². The molecule has 5 nitrogen and oxygen atoms in total. The molecule has 0 radical (unpaired) electrons. The summed E-state index contributed by atoms with van der Waals surface area (Å²) in [6.07, 6.45) is 3.10. The first-order chi connectivity index (χ1) is 9.58. The van der Waals surface area contributed by atoms with E-state index in [2.05, 4.69) is 6.92 Å². The van der Waals surface area contributed by atoms with Gasteiger partial charge in [-0.05, 0) is 41.0 Å². The number of amides is 1. The van der Waals surface area contributed by atoms with Gasteiger partial charge in [-0.1, -0.05) is 19.8 Å². The van der Waals surface area contributed by atoms with Gasteiger partial charge in [-0.15, -0.1) is 0 Å². The van der Waals surface area contributed by atoms with Gasteiger partial charge in [0.15, 0.2) is 0 Å². The molecule has 21 heavy (non-hydrogen) atoms. The van der Waals surface area contributed by atoms with Crippen LogP contribution >= 0.6 is 0 Å². The van der Waals surface area contributed by atoms with Crippen molar-refractivity contribution in [2.75, 3.05) is 6.61 Å². The smallest absolute Gasteiger partial charge is 0.417 e. The number of hydrogen-bond donors (Lipinski definition) is 1. The Morgan fingerprint density at radius 2 is 2.00 bits per heavy atom. The lowest BCUT2D eigenvalue weighted by molar-refractivity contribution is -0.0570.